The van der Waals surface area contributed by atoms with Crippen LogP contribution in [0.15, 0.2) is 24.3 Å². The number of carbonyl (C=O) groups is 2. The second-order valence-electron chi connectivity index (χ2n) is 13.4. The van der Waals surface area contributed by atoms with Crippen LogP contribution in [-0.2, 0) is 32.7 Å². The molecule has 0 spiro atoms. The average Bonchev–Trinajstić information content (AvgIpc) is 3.08. The number of phosphoric ester groups is 1. The molecule has 0 rings (SSSR count). The van der Waals surface area contributed by atoms with E-state index in [2.05, 4.69) is 38.2 Å². The largest absolute Gasteiger partial charge is 0.472 e. The predicted molar refractivity (Wildman–Crippen MR) is 203 cm³/mol. The third-order valence-electron chi connectivity index (χ3n) is 8.40. The summed E-state index contributed by atoms with van der Waals surface area (Å²) in [5.41, 5.74) is 0. The van der Waals surface area contributed by atoms with Crippen LogP contribution in [0.4, 0.5) is 0 Å². The summed E-state index contributed by atoms with van der Waals surface area (Å²) in [4.78, 5) is 34.8. The summed E-state index contributed by atoms with van der Waals surface area (Å²) >= 11 is 0. The molecule has 9 heteroatoms. The summed E-state index contributed by atoms with van der Waals surface area (Å²) < 4.78 is 32.9. The fourth-order valence-corrected chi connectivity index (χ4v) is 6.21. The van der Waals surface area contributed by atoms with Crippen LogP contribution in [0.3, 0.4) is 0 Å². The lowest BCUT2D eigenvalue weighted by Gasteiger charge is -2.20. The van der Waals surface area contributed by atoms with Crippen molar-refractivity contribution in [3.63, 3.8) is 0 Å². The van der Waals surface area contributed by atoms with Gasteiger partial charge >= 0.3 is 19.8 Å². The molecule has 0 aliphatic carbocycles. The Morgan fingerprint density at radius 2 is 0.939 bits per heavy atom. The van der Waals surface area contributed by atoms with E-state index in [0.29, 0.717) is 12.8 Å². The zero-order valence-electron chi connectivity index (χ0n) is 31.9. The number of hydrogen-bond acceptors (Lipinski definition) is 7. The molecule has 0 aromatic carbocycles. The van der Waals surface area contributed by atoms with Crippen LogP contribution >= 0.6 is 7.82 Å². The fourth-order valence-electron chi connectivity index (χ4n) is 5.37. The highest BCUT2D eigenvalue weighted by Crippen LogP contribution is 2.43. The molecule has 0 aromatic heterocycles. The minimum absolute atomic E-state index is 0.0687. The van der Waals surface area contributed by atoms with Gasteiger partial charge < -0.3 is 14.4 Å². The summed E-state index contributed by atoms with van der Waals surface area (Å²) in [6.07, 6.45) is 37.1. The number of rotatable bonds is 37. The Hall–Kier alpha value is -1.47. The summed E-state index contributed by atoms with van der Waals surface area (Å²) in [5, 5.41) is 0. The van der Waals surface area contributed by atoms with E-state index in [1.807, 2.05) is 6.92 Å². The molecule has 0 saturated carbocycles. The van der Waals surface area contributed by atoms with E-state index >= 15 is 0 Å². The van der Waals surface area contributed by atoms with Gasteiger partial charge in [0.05, 0.1) is 13.2 Å². The molecule has 0 aromatic rings. The highest BCUT2D eigenvalue weighted by molar-refractivity contribution is 7.47. The van der Waals surface area contributed by atoms with Crippen LogP contribution in [0.2, 0.25) is 0 Å². The number of phosphoric acid groups is 1. The highest BCUT2D eigenvalue weighted by Gasteiger charge is 2.25. The molecule has 0 radical (unpaired) electrons. The molecular weight excluding hydrogens is 639 g/mol. The second-order valence-corrected chi connectivity index (χ2v) is 14.8. The third-order valence-corrected chi connectivity index (χ3v) is 9.38. The van der Waals surface area contributed by atoms with Crippen LogP contribution in [0.5, 0.6) is 0 Å². The minimum atomic E-state index is -4.29. The Balaban J connectivity index is 4.22. The lowest BCUT2D eigenvalue weighted by atomic mass is 10.1. The molecule has 0 aliphatic rings. The first-order valence-corrected chi connectivity index (χ1v) is 21.6. The third kappa shape index (κ3) is 36.1. The number of allylic oxidation sites excluding steroid dienone is 4. The number of carbonyl (C=O) groups excluding carboxylic acids is 2. The molecule has 0 heterocycles. The zero-order valence-corrected chi connectivity index (χ0v) is 32.7. The normalized spacial score (nSPS) is 13.6. The molecule has 0 bridgehead atoms. The van der Waals surface area contributed by atoms with E-state index in [0.717, 1.165) is 64.2 Å². The van der Waals surface area contributed by atoms with E-state index in [9.17, 15) is 19.0 Å². The summed E-state index contributed by atoms with van der Waals surface area (Å²) in [6, 6.07) is 0. The van der Waals surface area contributed by atoms with E-state index in [-0.39, 0.29) is 32.0 Å². The first-order valence-electron chi connectivity index (χ1n) is 20.1. The molecule has 2 atom stereocenters. The first kappa shape index (κ1) is 47.5. The zero-order chi connectivity index (χ0) is 36.1. The van der Waals surface area contributed by atoms with Crippen molar-refractivity contribution in [1.82, 2.24) is 0 Å². The van der Waals surface area contributed by atoms with Gasteiger partial charge in [0.25, 0.3) is 0 Å². The molecular formula is C40H75O8P. The van der Waals surface area contributed by atoms with Gasteiger partial charge in [-0.2, -0.15) is 0 Å². The molecule has 0 fully saturated rings. The van der Waals surface area contributed by atoms with Crippen LogP contribution < -0.4 is 0 Å². The molecule has 288 valence electrons. The van der Waals surface area contributed by atoms with Gasteiger partial charge in [-0.25, -0.2) is 4.57 Å². The smallest absolute Gasteiger partial charge is 0.462 e. The predicted octanol–water partition coefficient (Wildman–Crippen LogP) is 12.3. The summed E-state index contributed by atoms with van der Waals surface area (Å²) in [5.74, 6) is -0.806. The van der Waals surface area contributed by atoms with E-state index < -0.39 is 26.5 Å². The Morgan fingerprint density at radius 3 is 1.39 bits per heavy atom. The van der Waals surface area contributed by atoms with Crippen LogP contribution in [0, 0.1) is 0 Å². The quantitative estimate of drug-likeness (QED) is 0.0293. The summed E-state index contributed by atoms with van der Waals surface area (Å²) in [7, 11) is -4.29. The van der Waals surface area contributed by atoms with Gasteiger partial charge in [0.1, 0.15) is 6.61 Å². The van der Waals surface area contributed by atoms with Crippen LogP contribution in [-0.4, -0.2) is 42.8 Å². The minimum Gasteiger partial charge on any atom is -0.462 e. The Kier molecular flexibility index (Phi) is 35.2. The van der Waals surface area contributed by atoms with Gasteiger partial charge in [-0.15, -0.1) is 0 Å². The van der Waals surface area contributed by atoms with Crippen molar-refractivity contribution in [2.45, 2.75) is 200 Å². The lowest BCUT2D eigenvalue weighted by molar-refractivity contribution is -0.161. The van der Waals surface area contributed by atoms with E-state index in [1.165, 1.54) is 83.5 Å². The maximum Gasteiger partial charge on any atom is 0.472 e. The SMILES string of the molecule is CCCCCC/C=C\CCCCCCCCCC(=O)O[C@H](COC(=O)CCCCCCC/C=C\CCCCCC)COP(=O)(O)OCCC. The summed E-state index contributed by atoms with van der Waals surface area (Å²) in [6.45, 7) is 5.74. The van der Waals surface area contributed by atoms with Crippen molar-refractivity contribution in [2.75, 3.05) is 19.8 Å². The van der Waals surface area contributed by atoms with Gasteiger partial charge in [0.15, 0.2) is 6.10 Å². The fraction of sp³-hybridized carbons (Fsp3) is 0.850. The highest BCUT2D eigenvalue weighted by atomic mass is 31.2. The molecule has 8 nitrogen and oxygen atoms in total. The van der Waals surface area contributed by atoms with E-state index in [1.54, 1.807) is 0 Å². The van der Waals surface area contributed by atoms with Gasteiger partial charge in [-0.05, 0) is 70.6 Å². The van der Waals surface area contributed by atoms with Crippen molar-refractivity contribution in [3.05, 3.63) is 24.3 Å². The Labute approximate surface area is 301 Å². The number of ether oxygens (including phenoxy) is 2. The van der Waals surface area contributed by atoms with Gasteiger partial charge in [0, 0.05) is 12.8 Å². The second kappa shape index (κ2) is 36.3. The molecule has 49 heavy (non-hydrogen) atoms. The monoisotopic (exact) mass is 715 g/mol. The van der Waals surface area contributed by atoms with Gasteiger partial charge in [-0.3, -0.25) is 18.6 Å². The van der Waals surface area contributed by atoms with Crippen molar-refractivity contribution in [2.24, 2.45) is 0 Å². The van der Waals surface area contributed by atoms with Crippen LogP contribution in [0.25, 0.3) is 0 Å². The van der Waals surface area contributed by atoms with Crippen molar-refractivity contribution < 1.29 is 37.6 Å². The topological polar surface area (TPSA) is 108 Å². The van der Waals surface area contributed by atoms with Crippen molar-refractivity contribution >= 4 is 19.8 Å². The molecule has 1 unspecified atom stereocenters. The van der Waals surface area contributed by atoms with E-state index in [4.69, 9.17) is 18.5 Å². The Bertz CT molecular complexity index is 859. The van der Waals surface area contributed by atoms with Gasteiger partial charge in [0.2, 0.25) is 0 Å². The molecule has 1 N–H and O–H groups in total. The standard InChI is InChI=1S/C40H75O8P/c1-4-7-9-11-13-15-17-19-20-22-24-26-28-30-32-34-40(42)48-38(37-47-49(43,44)46-35-6-3)36-45-39(41)33-31-29-27-25-23-21-18-16-14-12-10-8-5-2/h15-18,38H,4-14,19-37H2,1-3H3,(H,43,44)/b17-15-,18-16-/t38-/m1/s1. The number of unbranched alkanes of at least 4 members (excludes halogenated alkanes) is 20. The van der Waals surface area contributed by atoms with Crippen molar-refractivity contribution in [1.29, 1.82) is 0 Å². The number of hydrogen-bond donors (Lipinski definition) is 1. The van der Waals surface area contributed by atoms with Gasteiger partial charge in [-0.1, -0.05) is 135 Å². The lowest BCUT2D eigenvalue weighted by Crippen LogP contribution is -2.29. The maximum atomic E-state index is 12.5. The van der Waals surface area contributed by atoms with Crippen LogP contribution in [0.1, 0.15) is 194 Å². The maximum absolute atomic E-state index is 12.5. The first-order chi connectivity index (χ1) is 23.8. The molecule has 0 aliphatic heterocycles. The molecule has 0 saturated heterocycles. The molecule has 0 amide bonds. The van der Waals surface area contributed by atoms with Crippen molar-refractivity contribution in [3.8, 4) is 0 Å². The average molecular weight is 715 g/mol. The number of esters is 2. The Morgan fingerprint density at radius 1 is 0.531 bits per heavy atom.